The van der Waals surface area contributed by atoms with Gasteiger partial charge in [-0.3, -0.25) is 4.99 Å². The lowest BCUT2D eigenvalue weighted by Crippen LogP contribution is -2.43. The number of hydrogen-bond donors (Lipinski definition) is 2. The van der Waals surface area contributed by atoms with Gasteiger partial charge in [0.15, 0.2) is 5.96 Å². The fraction of sp³-hybridized carbons (Fsp3) is 0.632. The molecule has 1 aromatic rings. The molecule has 4 nitrogen and oxygen atoms in total. The number of thioether (sulfide) groups is 1. The van der Waals surface area contributed by atoms with E-state index < -0.39 is 0 Å². The van der Waals surface area contributed by atoms with Gasteiger partial charge in [-0.1, -0.05) is 30.3 Å². The maximum absolute atomic E-state index is 4.87. The molecule has 2 rings (SSSR count). The van der Waals surface area contributed by atoms with Crippen LogP contribution in [0.15, 0.2) is 35.3 Å². The zero-order valence-electron chi connectivity index (χ0n) is 15.5. The molecule has 2 N–H and O–H groups in total. The normalized spacial score (nSPS) is 22.6. The minimum atomic E-state index is 0.296. The molecule has 1 aliphatic rings. The summed E-state index contributed by atoms with van der Waals surface area (Å²) in [5.74, 6) is 0.951. The number of aliphatic imine (C=N–C) groups is 1. The standard InChI is InChI=1S/C19H32N4S/c1-5-20-19(22-16-11-12-17(13-16)24-4)21-14-18(23(2)3)15-9-7-6-8-10-15/h6-10,16-18H,5,11-14H2,1-4H3,(H2,20,21,22). The number of rotatable bonds is 7. The molecule has 0 aliphatic heterocycles. The Hall–Kier alpha value is -1.20. The minimum absolute atomic E-state index is 0.296. The highest BCUT2D eigenvalue weighted by atomic mass is 32.2. The Morgan fingerprint density at radius 2 is 2.04 bits per heavy atom. The third kappa shape index (κ3) is 5.71. The Balaban J connectivity index is 2.00. The van der Waals surface area contributed by atoms with Gasteiger partial charge < -0.3 is 15.5 Å². The number of nitrogens with zero attached hydrogens (tertiary/aromatic N) is 2. The van der Waals surface area contributed by atoms with Gasteiger partial charge in [0.05, 0.1) is 12.6 Å². The second-order valence-corrected chi connectivity index (χ2v) is 7.76. The molecule has 24 heavy (non-hydrogen) atoms. The topological polar surface area (TPSA) is 39.7 Å². The molecule has 1 fully saturated rings. The van der Waals surface area contributed by atoms with Gasteiger partial charge in [-0.25, -0.2) is 0 Å². The number of hydrogen-bond acceptors (Lipinski definition) is 3. The van der Waals surface area contributed by atoms with Crippen molar-refractivity contribution in [3.05, 3.63) is 35.9 Å². The molecule has 3 atom stereocenters. The van der Waals surface area contributed by atoms with Crippen LogP contribution in [0.5, 0.6) is 0 Å². The molecule has 1 aromatic carbocycles. The summed E-state index contributed by atoms with van der Waals surface area (Å²) in [6, 6.07) is 11.5. The smallest absolute Gasteiger partial charge is 0.191 e. The summed E-state index contributed by atoms with van der Waals surface area (Å²) < 4.78 is 0. The molecule has 0 spiro atoms. The van der Waals surface area contributed by atoms with Gasteiger partial charge >= 0.3 is 0 Å². The summed E-state index contributed by atoms with van der Waals surface area (Å²) >= 11 is 1.99. The van der Waals surface area contributed by atoms with Crippen LogP contribution in [0.2, 0.25) is 0 Å². The van der Waals surface area contributed by atoms with Crippen LogP contribution in [0.3, 0.4) is 0 Å². The molecule has 0 radical (unpaired) electrons. The molecular formula is C19H32N4S. The van der Waals surface area contributed by atoms with E-state index in [0.717, 1.165) is 24.3 Å². The van der Waals surface area contributed by atoms with Gasteiger partial charge in [-0.15, -0.1) is 0 Å². The van der Waals surface area contributed by atoms with Crippen LogP contribution in [0.4, 0.5) is 0 Å². The maximum atomic E-state index is 4.87. The monoisotopic (exact) mass is 348 g/mol. The van der Waals surface area contributed by atoms with E-state index in [2.05, 4.69) is 73.1 Å². The van der Waals surface area contributed by atoms with Gasteiger partial charge in [-0.2, -0.15) is 11.8 Å². The molecule has 0 heterocycles. The first kappa shape index (κ1) is 19.1. The number of benzene rings is 1. The van der Waals surface area contributed by atoms with E-state index in [1.54, 1.807) is 0 Å². The highest BCUT2D eigenvalue weighted by Gasteiger charge is 2.24. The van der Waals surface area contributed by atoms with Crippen molar-refractivity contribution < 1.29 is 0 Å². The quantitative estimate of drug-likeness (QED) is 0.587. The number of guanidine groups is 1. The lowest BCUT2D eigenvalue weighted by Gasteiger charge is -2.24. The summed E-state index contributed by atoms with van der Waals surface area (Å²) in [7, 11) is 4.24. The summed E-state index contributed by atoms with van der Waals surface area (Å²) in [4.78, 5) is 7.11. The molecule has 0 bridgehead atoms. The van der Waals surface area contributed by atoms with E-state index in [1.807, 2.05) is 11.8 Å². The predicted molar refractivity (Wildman–Crippen MR) is 107 cm³/mol. The molecule has 0 saturated heterocycles. The Labute approximate surface area is 151 Å². The molecule has 134 valence electrons. The molecule has 1 aliphatic carbocycles. The lowest BCUT2D eigenvalue weighted by molar-refractivity contribution is 0.306. The van der Waals surface area contributed by atoms with Gasteiger partial charge in [0.1, 0.15) is 0 Å². The van der Waals surface area contributed by atoms with Crippen molar-refractivity contribution in [3.63, 3.8) is 0 Å². The average molecular weight is 349 g/mol. The van der Waals surface area contributed by atoms with E-state index in [9.17, 15) is 0 Å². The highest BCUT2D eigenvalue weighted by Crippen LogP contribution is 2.28. The zero-order valence-corrected chi connectivity index (χ0v) is 16.3. The summed E-state index contributed by atoms with van der Waals surface area (Å²) in [6.07, 6.45) is 6.00. The Morgan fingerprint density at radius 3 is 2.62 bits per heavy atom. The minimum Gasteiger partial charge on any atom is -0.357 e. The summed E-state index contributed by atoms with van der Waals surface area (Å²) in [6.45, 7) is 3.77. The predicted octanol–water partition coefficient (Wildman–Crippen LogP) is 3.13. The van der Waals surface area contributed by atoms with Crippen LogP contribution >= 0.6 is 11.8 Å². The van der Waals surface area contributed by atoms with Crippen LogP contribution in [-0.4, -0.2) is 55.6 Å². The van der Waals surface area contributed by atoms with Crippen molar-refractivity contribution in [3.8, 4) is 0 Å². The highest BCUT2D eigenvalue weighted by molar-refractivity contribution is 7.99. The lowest BCUT2D eigenvalue weighted by atomic mass is 10.1. The van der Waals surface area contributed by atoms with Gasteiger partial charge in [0.25, 0.3) is 0 Å². The molecule has 0 amide bonds. The first-order valence-corrected chi connectivity index (χ1v) is 10.2. The van der Waals surface area contributed by atoms with E-state index in [1.165, 1.54) is 24.8 Å². The second-order valence-electron chi connectivity index (χ2n) is 6.62. The van der Waals surface area contributed by atoms with Crippen molar-refractivity contribution >= 4 is 17.7 Å². The molecule has 1 saturated carbocycles. The molecule has 3 unspecified atom stereocenters. The van der Waals surface area contributed by atoms with Crippen LogP contribution in [-0.2, 0) is 0 Å². The van der Waals surface area contributed by atoms with Gasteiger partial charge in [-0.05, 0) is 52.1 Å². The van der Waals surface area contributed by atoms with Crippen LogP contribution in [0, 0.1) is 0 Å². The van der Waals surface area contributed by atoms with Crippen LogP contribution in [0.1, 0.15) is 37.8 Å². The molecule has 0 aromatic heterocycles. The number of likely N-dealkylation sites (N-methyl/N-ethyl adjacent to an activating group) is 1. The Morgan fingerprint density at radius 1 is 1.29 bits per heavy atom. The Bertz CT molecular complexity index is 503. The summed E-state index contributed by atoms with van der Waals surface area (Å²) in [5.41, 5.74) is 1.31. The van der Waals surface area contributed by atoms with E-state index >= 15 is 0 Å². The first-order valence-electron chi connectivity index (χ1n) is 8.93. The third-order valence-electron chi connectivity index (χ3n) is 4.63. The third-order valence-corrected chi connectivity index (χ3v) is 5.73. The van der Waals surface area contributed by atoms with Crippen molar-refractivity contribution in [2.24, 2.45) is 4.99 Å². The fourth-order valence-electron chi connectivity index (χ4n) is 3.22. The SMILES string of the molecule is CCNC(=NCC(c1ccccc1)N(C)C)NC1CCC(SC)C1. The van der Waals surface area contributed by atoms with Crippen molar-refractivity contribution in [2.75, 3.05) is 33.4 Å². The average Bonchev–Trinajstić information content (AvgIpc) is 3.03. The largest absolute Gasteiger partial charge is 0.357 e. The van der Waals surface area contributed by atoms with Gasteiger partial charge in [0, 0.05) is 17.8 Å². The van der Waals surface area contributed by atoms with E-state index in [-0.39, 0.29) is 0 Å². The second kappa shape index (κ2) is 9.94. The van der Waals surface area contributed by atoms with E-state index in [0.29, 0.717) is 12.1 Å². The maximum Gasteiger partial charge on any atom is 0.191 e. The van der Waals surface area contributed by atoms with Crippen LogP contribution < -0.4 is 10.6 Å². The van der Waals surface area contributed by atoms with Crippen molar-refractivity contribution in [1.29, 1.82) is 0 Å². The van der Waals surface area contributed by atoms with Crippen LogP contribution in [0.25, 0.3) is 0 Å². The van der Waals surface area contributed by atoms with Gasteiger partial charge in [0.2, 0.25) is 0 Å². The molecular weight excluding hydrogens is 316 g/mol. The zero-order chi connectivity index (χ0) is 17.4. The first-order chi connectivity index (χ1) is 11.6. The van der Waals surface area contributed by atoms with Crippen molar-refractivity contribution in [2.45, 2.75) is 43.5 Å². The summed E-state index contributed by atoms with van der Waals surface area (Å²) in [5, 5.41) is 7.83. The van der Waals surface area contributed by atoms with Crippen molar-refractivity contribution in [1.82, 2.24) is 15.5 Å². The Kier molecular flexibility index (Phi) is 7.92. The fourth-order valence-corrected chi connectivity index (χ4v) is 4.01. The number of nitrogens with one attached hydrogen (secondary N) is 2. The van der Waals surface area contributed by atoms with E-state index in [4.69, 9.17) is 4.99 Å². The molecule has 5 heteroatoms.